The van der Waals surface area contributed by atoms with Crippen molar-refractivity contribution in [1.82, 2.24) is 0 Å². The highest BCUT2D eigenvalue weighted by Gasteiger charge is 2.16. The number of rotatable bonds is 6. The van der Waals surface area contributed by atoms with Gasteiger partial charge in [-0.05, 0) is 32.6 Å². The number of hydrogen-bond acceptors (Lipinski definition) is 2. The summed E-state index contributed by atoms with van der Waals surface area (Å²) in [5.74, 6) is 0. The summed E-state index contributed by atoms with van der Waals surface area (Å²) in [5, 5.41) is 0. The molecule has 0 N–H and O–H groups in total. The minimum absolute atomic E-state index is 0.0837. The van der Waals surface area contributed by atoms with Gasteiger partial charge in [-0.3, -0.25) is 0 Å². The van der Waals surface area contributed by atoms with E-state index >= 15 is 0 Å². The zero-order valence-corrected chi connectivity index (χ0v) is 9.63. The van der Waals surface area contributed by atoms with Crippen molar-refractivity contribution in [2.75, 3.05) is 6.61 Å². The average molecular weight is 200 g/mol. The molecule has 1 unspecified atom stereocenters. The highest BCUT2D eigenvalue weighted by Crippen LogP contribution is 2.17. The summed E-state index contributed by atoms with van der Waals surface area (Å²) in [5.41, 5.74) is 0. The fourth-order valence-electron chi connectivity index (χ4n) is 1.83. The van der Waals surface area contributed by atoms with Crippen LogP contribution in [0.15, 0.2) is 0 Å². The van der Waals surface area contributed by atoms with Crippen molar-refractivity contribution < 1.29 is 9.47 Å². The van der Waals surface area contributed by atoms with Gasteiger partial charge in [0.05, 0.1) is 6.10 Å². The molecule has 1 fully saturated rings. The Kier molecular flexibility index (Phi) is 6.20. The molecule has 0 aromatic carbocycles. The molecule has 1 saturated heterocycles. The van der Waals surface area contributed by atoms with Crippen LogP contribution in [0.4, 0.5) is 0 Å². The molecule has 0 amide bonds. The fraction of sp³-hybridized carbons (Fsp3) is 1.00. The summed E-state index contributed by atoms with van der Waals surface area (Å²) < 4.78 is 11.3. The maximum absolute atomic E-state index is 5.82. The topological polar surface area (TPSA) is 18.5 Å². The predicted octanol–water partition coefficient (Wildman–Crippen LogP) is 3.50. The van der Waals surface area contributed by atoms with Gasteiger partial charge in [-0.2, -0.15) is 0 Å². The van der Waals surface area contributed by atoms with E-state index in [0.29, 0.717) is 6.10 Å². The van der Waals surface area contributed by atoms with E-state index in [9.17, 15) is 0 Å². The van der Waals surface area contributed by atoms with Crippen LogP contribution in [-0.2, 0) is 9.47 Å². The van der Waals surface area contributed by atoms with Crippen LogP contribution in [0.2, 0.25) is 0 Å². The van der Waals surface area contributed by atoms with Crippen molar-refractivity contribution >= 4 is 0 Å². The molecule has 2 nitrogen and oxygen atoms in total. The molecule has 1 rings (SSSR count). The lowest BCUT2D eigenvalue weighted by atomic mass is 10.1. The lowest BCUT2D eigenvalue weighted by molar-refractivity contribution is -0.185. The van der Waals surface area contributed by atoms with Gasteiger partial charge in [0.1, 0.15) is 0 Å². The lowest BCUT2D eigenvalue weighted by Gasteiger charge is -2.26. The first kappa shape index (κ1) is 12.0. The monoisotopic (exact) mass is 200 g/mol. The molecule has 84 valence electrons. The van der Waals surface area contributed by atoms with E-state index in [1.165, 1.54) is 38.5 Å². The van der Waals surface area contributed by atoms with Gasteiger partial charge in [0.25, 0.3) is 0 Å². The van der Waals surface area contributed by atoms with E-state index in [1.807, 2.05) is 0 Å². The molecule has 1 aliphatic heterocycles. The van der Waals surface area contributed by atoms with E-state index in [0.717, 1.165) is 13.0 Å². The Bertz CT molecular complexity index is 130. The van der Waals surface area contributed by atoms with Gasteiger partial charge in [0.2, 0.25) is 0 Å². The van der Waals surface area contributed by atoms with Crippen LogP contribution in [0.3, 0.4) is 0 Å². The first-order valence-corrected chi connectivity index (χ1v) is 6.10. The SMILES string of the molecule is CCCCC[C@H](C)OC1CCCCO1. The van der Waals surface area contributed by atoms with Gasteiger partial charge in [0, 0.05) is 6.61 Å². The minimum atomic E-state index is 0.0837. The molecule has 0 aromatic rings. The van der Waals surface area contributed by atoms with Crippen LogP contribution >= 0.6 is 0 Å². The van der Waals surface area contributed by atoms with E-state index in [-0.39, 0.29) is 6.29 Å². The van der Waals surface area contributed by atoms with Crippen molar-refractivity contribution in [3.63, 3.8) is 0 Å². The maximum atomic E-state index is 5.82. The summed E-state index contributed by atoms with van der Waals surface area (Å²) in [6, 6.07) is 0. The number of ether oxygens (including phenoxy) is 2. The average Bonchev–Trinajstić information content (AvgIpc) is 2.20. The van der Waals surface area contributed by atoms with Crippen molar-refractivity contribution in [3.05, 3.63) is 0 Å². The lowest BCUT2D eigenvalue weighted by Crippen LogP contribution is -2.26. The van der Waals surface area contributed by atoms with Crippen LogP contribution in [0.25, 0.3) is 0 Å². The second kappa shape index (κ2) is 7.24. The Balaban J connectivity index is 2.03. The smallest absolute Gasteiger partial charge is 0.157 e. The number of hydrogen-bond donors (Lipinski definition) is 0. The molecular weight excluding hydrogens is 176 g/mol. The molecule has 2 heteroatoms. The van der Waals surface area contributed by atoms with Crippen molar-refractivity contribution in [1.29, 1.82) is 0 Å². The standard InChI is InChI=1S/C12H24O2/c1-3-4-5-8-11(2)14-12-9-6-7-10-13-12/h11-12H,3-10H2,1-2H3/t11-,12?/m0/s1. The Hall–Kier alpha value is -0.0800. The summed E-state index contributed by atoms with van der Waals surface area (Å²) >= 11 is 0. The molecule has 14 heavy (non-hydrogen) atoms. The van der Waals surface area contributed by atoms with Crippen LogP contribution in [0.5, 0.6) is 0 Å². The van der Waals surface area contributed by atoms with Gasteiger partial charge >= 0.3 is 0 Å². The molecular formula is C12H24O2. The molecule has 0 bridgehead atoms. The fourth-order valence-corrected chi connectivity index (χ4v) is 1.83. The summed E-state index contributed by atoms with van der Waals surface area (Å²) in [6.45, 7) is 5.27. The first-order valence-electron chi connectivity index (χ1n) is 6.10. The molecule has 0 aliphatic carbocycles. The Morgan fingerprint density at radius 2 is 2.21 bits per heavy atom. The van der Waals surface area contributed by atoms with Crippen LogP contribution in [0.1, 0.15) is 58.8 Å². The third kappa shape index (κ3) is 4.97. The highest BCUT2D eigenvalue weighted by molar-refractivity contribution is 4.58. The van der Waals surface area contributed by atoms with Crippen LogP contribution < -0.4 is 0 Å². The zero-order valence-electron chi connectivity index (χ0n) is 9.63. The molecule has 0 spiro atoms. The summed E-state index contributed by atoms with van der Waals surface area (Å²) in [7, 11) is 0. The van der Waals surface area contributed by atoms with E-state index in [1.54, 1.807) is 0 Å². The van der Waals surface area contributed by atoms with E-state index in [4.69, 9.17) is 9.47 Å². The highest BCUT2D eigenvalue weighted by atomic mass is 16.7. The molecule has 0 radical (unpaired) electrons. The second-order valence-electron chi connectivity index (χ2n) is 4.24. The Morgan fingerprint density at radius 3 is 2.86 bits per heavy atom. The van der Waals surface area contributed by atoms with Gasteiger partial charge in [-0.15, -0.1) is 0 Å². The van der Waals surface area contributed by atoms with Gasteiger partial charge in [-0.25, -0.2) is 0 Å². The summed E-state index contributed by atoms with van der Waals surface area (Å²) in [6.07, 6.45) is 9.04. The molecule has 2 atom stereocenters. The largest absolute Gasteiger partial charge is 0.353 e. The van der Waals surface area contributed by atoms with Crippen LogP contribution in [-0.4, -0.2) is 19.0 Å². The minimum Gasteiger partial charge on any atom is -0.353 e. The first-order chi connectivity index (χ1) is 6.83. The third-order valence-corrected chi connectivity index (χ3v) is 2.74. The zero-order chi connectivity index (χ0) is 10.2. The van der Waals surface area contributed by atoms with Gasteiger partial charge < -0.3 is 9.47 Å². The Labute approximate surface area is 88.0 Å². The molecule has 1 heterocycles. The molecule has 0 saturated carbocycles. The maximum Gasteiger partial charge on any atom is 0.157 e. The predicted molar refractivity (Wildman–Crippen MR) is 58.3 cm³/mol. The van der Waals surface area contributed by atoms with E-state index in [2.05, 4.69) is 13.8 Å². The molecule has 1 aliphatic rings. The van der Waals surface area contributed by atoms with Crippen LogP contribution in [0, 0.1) is 0 Å². The Morgan fingerprint density at radius 1 is 1.36 bits per heavy atom. The van der Waals surface area contributed by atoms with Crippen molar-refractivity contribution in [2.45, 2.75) is 71.2 Å². The van der Waals surface area contributed by atoms with Gasteiger partial charge in [-0.1, -0.05) is 26.2 Å². The van der Waals surface area contributed by atoms with Crippen molar-refractivity contribution in [3.8, 4) is 0 Å². The summed E-state index contributed by atoms with van der Waals surface area (Å²) in [4.78, 5) is 0. The quantitative estimate of drug-likeness (QED) is 0.611. The third-order valence-electron chi connectivity index (χ3n) is 2.74. The van der Waals surface area contributed by atoms with E-state index < -0.39 is 0 Å². The molecule has 0 aromatic heterocycles. The van der Waals surface area contributed by atoms with Gasteiger partial charge in [0.15, 0.2) is 6.29 Å². The van der Waals surface area contributed by atoms with Crippen molar-refractivity contribution in [2.24, 2.45) is 0 Å². The normalized spacial score (nSPS) is 24.9. The second-order valence-corrected chi connectivity index (χ2v) is 4.24. The number of unbranched alkanes of at least 4 members (excludes halogenated alkanes) is 2.